The number of carbonyl (C=O) groups excluding carboxylic acids is 2. The van der Waals surface area contributed by atoms with Gasteiger partial charge in [-0.15, -0.1) is 0 Å². The third-order valence-electron chi connectivity index (χ3n) is 6.50. The summed E-state index contributed by atoms with van der Waals surface area (Å²) in [6, 6.07) is 15.0. The lowest BCUT2D eigenvalue weighted by Crippen LogP contribution is -2.50. The summed E-state index contributed by atoms with van der Waals surface area (Å²) in [5.74, 6) is -1.95. The molecular weight excluding hydrogens is 444 g/mol. The number of hydrogen-bond acceptors (Lipinski definition) is 4. The van der Waals surface area contributed by atoms with Gasteiger partial charge in [0.25, 0.3) is 0 Å². The summed E-state index contributed by atoms with van der Waals surface area (Å²) in [6.07, 6.45) is 3.33. The molecule has 7 nitrogen and oxygen atoms in total. The van der Waals surface area contributed by atoms with Crippen LogP contribution in [-0.4, -0.2) is 41.8 Å². The van der Waals surface area contributed by atoms with Crippen LogP contribution in [0.4, 0.5) is 4.79 Å². The van der Waals surface area contributed by atoms with Crippen LogP contribution in [0.1, 0.15) is 50.7 Å². The molecule has 7 heteroatoms. The summed E-state index contributed by atoms with van der Waals surface area (Å²) in [5.41, 5.74) is 4.30. The fourth-order valence-electron chi connectivity index (χ4n) is 4.88. The van der Waals surface area contributed by atoms with Crippen LogP contribution in [0.25, 0.3) is 11.1 Å². The molecule has 2 amide bonds. The van der Waals surface area contributed by atoms with Gasteiger partial charge in [0.05, 0.1) is 5.92 Å². The van der Waals surface area contributed by atoms with Gasteiger partial charge in [-0.2, -0.15) is 0 Å². The predicted octanol–water partition coefficient (Wildman–Crippen LogP) is 4.48. The topological polar surface area (TPSA) is 105 Å². The first-order valence-electron chi connectivity index (χ1n) is 12.0. The number of carboxylic acid groups (broad SMARTS) is 1. The van der Waals surface area contributed by atoms with Gasteiger partial charge in [0.15, 0.2) is 0 Å². The standard InChI is InChI=1S/C28H32N2O5/c1-28(2,3)15-24(25(31)29-18-13-12-17(14-18)26(32)33)30-27(34)35-16-23-21-10-6-4-8-19(21)20-9-5-7-11-22(20)23/h4-13,17-18,23-24H,14-16H2,1-3H3,(H,29,31)(H,30,34)(H,32,33). The van der Waals surface area contributed by atoms with Gasteiger partial charge in [0.1, 0.15) is 12.6 Å². The van der Waals surface area contributed by atoms with Crippen molar-refractivity contribution in [2.24, 2.45) is 11.3 Å². The Bertz CT molecular complexity index is 1100. The highest BCUT2D eigenvalue weighted by atomic mass is 16.5. The molecule has 0 aliphatic heterocycles. The quantitative estimate of drug-likeness (QED) is 0.511. The van der Waals surface area contributed by atoms with Gasteiger partial charge in [0, 0.05) is 12.0 Å². The highest BCUT2D eigenvalue weighted by Crippen LogP contribution is 2.44. The van der Waals surface area contributed by atoms with Crippen LogP contribution in [-0.2, 0) is 14.3 Å². The number of aliphatic carboxylic acids is 1. The van der Waals surface area contributed by atoms with Gasteiger partial charge in [-0.1, -0.05) is 81.5 Å². The van der Waals surface area contributed by atoms with Crippen molar-refractivity contribution in [3.05, 3.63) is 71.8 Å². The minimum absolute atomic E-state index is 0.0698. The van der Waals surface area contributed by atoms with E-state index in [1.165, 1.54) is 0 Å². The zero-order chi connectivity index (χ0) is 25.2. The van der Waals surface area contributed by atoms with Crippen LogP contribution in [0.3, 0.4) is 0 Å². The summed E-state index contributed by atoms with van der Waals surface area (Å²) in [6.45, 7) is 6.13. The Hall–Kier alpha value is -3.61. The van der Waals surface area contributed by atoms with E-state index in [1.54, 1.807) is 12.2 Å². The highest BCUT2D eigenvalue weighted by Gasteiger charge is 2.32. The van der Waals surface area contributed by atoms with Crippen LogP contribution < -0.4 is 10.6 Å². The van der Waals surface area contributed by atoms with Crippen LogP contribution in [0, 0.1) is 11.3 Å². The van der Waals surface area contributed by atoms with Crippen molar-refractivity contribution in [3.63, 3.8) is 0 Å². The number of benzene rings is 2. The lowest BCUT2D eigenvalue weighted by molar-refractivity contribution is -0.140. The Morgan fingerprint density at radius 1 is 1.00 bits per heavy atom. The second-order valence-electron chi connectivity index (χ2n) is 10.5. The van der Waals surface area contributed by atoms with Crippen molar-refractivity contribution in [1.29, 1.82) is 0 Å². The summed E-state index contributed by atoms with van der Waals surface area (Å²) in [5, 5.41) is 14.8. The SMILES string of the molecule is CC(C)(C)CC(NC(=O)OCC1c2ccccc2-c2ccccc21)C(=O)NC1C=CC(C(=O)O)C1. The number of amides is 2. The van der Waals surface area contributed by atoms with E-state index in [1.807, 2.05) is 45.0 Å². The van der Waals surface area contributed by atoms with E-state index in [-0.39, 0.29) is 29.9 Å². The summed E-state index contributed by atoms with van der Waals surface area (Å²) in [7, 11) is 0. The molecule has 2 aromatic carbocycles. The van der Waals surface area contributed by atoms with E-state index in [4.69, 9.17) is 4.74 Å². The molecule has 2 aromatic rings. The molecule has 0 saturated carbocycles. The zero-order valence-electron chi connectivity index (χ0n) is 20.3. The van der Waals surface area contributed by atoms with Crippen molar-refractivity contribution in [2.75, 3.05) is 6.61 Å². The molecule has 3 atom stereocenters. The van der Waals surface area contributed by atoms with E-state index < -0.39 is 24.0 Å². The van der Waals surface area contributed by atoms with E-state index in [2.05, 4.69) is 34.9 Å². The van der Waals surface area contributed by atoms with Gasteiger partial charge in [0.2, 0.25) is 5.91 Å². The molecule has 3 N–H and O–H groups in total. The first-order valence-corrected chi connectivity index (χ1v) is 12.0. The van der Waals surface area contributed by atoms with Gasteiger partial charge < -0.3 is 20.5 Å². The van der Waals surface area contributed by atoms with Crippen molar-refractivity contribution in [2.45, 2.75) is 51.6 Å². The highest BCUT2D eigenvalue weighted by molar-refractivity contribution is 5.86. The third kappa shape index (κ3) is 5.73. The lowest BCUT2D eigenvalue weighted by atomic mass is 9.87. The number of fused-ring (bicyclic) bond motifs is 3. The maximum absolute atomic E-state index is 13.0. The number of carboxylic acids is 1. The molecule has 0 saturated heterocycles. The van der Waals surface area contributed by atoms with Crippen molar-refractivity contribution in [1.82, 2.24) is 10.6 Å². The molecular formula is C28H32N2O5. The predicted molar refractivity (Wildman–Crippen MR) is 133 cm³/mol. The average Bonchev–Trinajstić information content (AvgIpc) is 3.39. The number of carbonyl (C=O) groups is 3. The maximum atomic E-state index is 13.0. The Morgan fingerprint density at radius 2 is 1.60 bits per heavy atom. The average molecular weight is 477 g/mol. The Morgan fingerprint density at radius 3 is 2.14 bits per heavy atom. The first kappa shape index (κ1) is 24.5. The fraction of sp³-hybridized carbons (Fsp3) is 0.393. The minimum atomic E-state index is -0.916. The Labute approximate surface area is 205 Å². The Balaban J connectivity index is 1.40. The Kier molecular flexibility index (Phi) is 6.96. The largest absolute Gasteiger partial charge is 0.481 e. The molecule has 184 valence electrons. The third-order valence-corrected chi connectivity index (χ3v) is 6.50. The molecule has 2 aliphatic carbocycles. The van der Waals surface area contributed by atoms with E-state index in [0.717, 1.165) is 22.3 Å². The first-order chi connectivity index (χ1) is 16.6. The fourth-order valence-corrected chi connectivity index (χ4v) is 4.88. The van der Waals surface area contributed by atoms with Gasteiger partial charge in [-0.25, -0.2) is 4.79 Å². The van der Waals surface area contributed by atoms with E-state index in [9.17, 15) is 19.5 Å². The molecule has 0 aromatic heterocycles. The molecule has 3 unspecified atom stereocenters. The number of rotatable bonds is 7. The molecule has 0 spiro atoms. The molecule has 2 aliphatic rings. The number of alkyl carbamates (subject to hydrolysis) is 1. The molecule has 4 rings (SSSR count). The number of nitrogens with one attached hydrogen (secondary N) is 2. The van der Waals surface area contributed by atoms with Crippen LogP contribution in [0.2, 0.25) is 0 Å². The number of hydrogen-bond donors (Lipinski definition) is 3. The zero-order valence-corrected chi connectivity index (χ0v) is 20.3. The van der Waals surface area contributed by atoms with Crippen LogP contribution >= 0.6 is 0 Å². The van der Waals surface area contributed by atoms with E-state index >= 15 is 0 Å². The smallest absolute Gasteiger partial charge is 0.407 e. The minimum Gasteiger partial charge on any atom is -0.481 e. The van der Waals surface area contributed by atoms with Gasteiger partial charge in [-0.05, 0) is 40.5 Å². The number of ether oxygens (including phenoxy) is 1. The molecule has 0 fully saturated rings. The summed E-state index contributed by atoms with van der Waals surface area (Å²) >= 11 is 0. The van der Waals surface area contributed by atoms with Gasteiger partial charge in [-0.3, -0.25) is 9.59 Å². The molecule has 0 bridgehead atoms. The van der Waals surface area contributed by atoms with Crippen LogP contribution in [0.15, 0.2) is 60.7 Å². The normalized spacial score (nSPS) is 19.5. The van der Waals surface area contributed by atoms with Crippen molar-refractivity contribution in [3.8, 4) is 11.1 Å². The maximum Gasteiger partial charge on any atom is 0.407 e. The van der Waals surface area contributed by atoms with Crippen molar-refractivity contribution >= 4 is 18.0 Å². The second kappa shape index (κ2) is 9.94. The molecule has 35 heavy (non-hydrogen) atoms. The molecule has 0 heterocycles. The monoisotopic (exact) mass is 476 g/mol. The second-order valence-corrected chi connectivity index (χ2v) is 10.5. The van der Waals surface area contributed by atoms with Crippen molar-refractivity contribution < 1.29 is 24.2 Å². The van der Waals surface area contributed by atoms with Crippen LogP contribution in [0.5, 0.6) is 0 Å². The molecule has 0 radical (unpaired) electrons. The summed E-state index contributed by atoms with van der Waals surface area (Å²) < 4.78 is 5.63. The van der Waals surface area contributed by atoms with Gasteiger partial charge >= 0.3 is 12.1 Å². The summed E-state index contributed by atoms with van der Waals surface area (Å²) in [4.78, 5) is 37.0. The lowest BCUT2D eigenvalue weighted by Gasteiger charge is -2.27. The van der Waals surface area contributed by atoms with E-state index in [0.29, 0.717) is 12.8 Å².